The molecule has 2 amide bonds. The van der Waals surface area contributed by atoms with Crippen LogP contribution in [0.5, 0.6) is 5.75 Å². The van der Waals surface area contributed by atoms with E-state index < -0.39 is 41.5 Å². The van der Waals surface area contributed by atoms with Gasteiger partial charge in [-0.1, -0.05) is 76.1 Å². The minimum Gasteiger partial charge on any atom is -0.493 e. The first-order valence-corrected chi connectivity index (χ1v) is 17.3. The van der Waals surface area contributed by atoms with E-state index in [9.17, 15) is 19.8 Å². The maximum Gasteiger partial charge on any atom is 0.407 e. The van der Waals surface area contributed by atoms with E-state index in [0.29, 0.717) is 10.8 Å². The number of nitrogens with one attached hydrogen (secondary N) is 1. The molecule has 0 saturated heterocycles. The summed E-state index contributed by atoms with van der Waals surface area (Å²) in [7, 11) is 0. The first-order valence-electron chi connectivity index (χ1n) is 16.1. The van der Waals surface area contributed by atoms with Gasteiger partial charge in [-0.15, -0.1) is 6.58 Å². The highest BCUT2D eigenvalue weighted by atomic mass is 79.9. The summed E-state index contributed by atoms with van der Waals surface area (Å²) >= 11 is 9.81. The second-order valence-corrected chi connectivity index (χ2v) is 15.2. The molecule has 0 aromatic heterocycles. The van der Waals surface area contributed by atoms with E-state index in [0.717, 1.165) is 21.2 Å². The van der Waals surface area contributed by atoms with E-state index in [1.807, 2.05) is 60.7 Å². The lowest BCUT2D eigenvalue weighted by molar-refractivity contribution is -0.170. The third-order valence-electron chi connectivity index (χ3n) is 8.26. The molecule has 4 rings (SSSR count). The normalized spacial score (nSPS) is 18.0. The summed E-state index contributed by atoms with van der Waals surface area (Å²) < 4.78 is 12.4. The van der Waals surface area contributed by atoms with Crippen molar-refractivity contribution in [2.45, 2.75) is 83.4 Å². The molecule has 258 valence electrons. The van der Waals surface area contributed by atoms with Crippen LogP contribution in [0.3, 0.4) is 0 Å². The average molecular weight is 742 g/mol. The summed E-state index contributed by atoms with van der Waals surface area (Å²) in [5, 5.41) is 26.9. The number of nitrogens with zero attached hydrogens (tertiary/aromatic N) is 1. The molecule has 1 heterocycles. The minimum atomic E-state index is -1.60. The summed E-state index contributed by atoms with van der Waals surface area (Å²) in [6, 6.07) is 20.9. The molecule has 3 aromatic rings. The monoisotopic (exact) mass is 740 g/mol. The fraction of sp³-hybridized carbons (Fsp3) is 0.421. The number of halogens is 2. The van der Waals surface area contributed by atoms with Crippen LogP contribution in [0.15, 0.2) is 89.9 Å². The topological polar surface area (TPSA) is 108 Å². The predicted molar refractivity (Wildman–Crippen MR) is 192 cm³/mol. The number of carbonyl (C=O) groups excluding carboxylic acids is 2. The molecule has 1 aliphatic heterocycles. The van der Waals surface area contributed by atoms with Gasteiger partial charge in [0.05, 0.1) is 24.8 Å². The van der Waals surface area contributed by atoms with Crippen molar-refractivity contribution in [2.75, 3.05) is 6.61 Å². The van der Waals surface area contributed by atoms with Crippen LogP contribution >= 0.6 is 27.5 Å². The maximum absolute atomic E-state index is 14.9. The number of hydrogen-bond acceptors (Lipinski definition) is 6. The molecule has 3 aromatic carbocycles. The average Bonchev–Trinajstić information content (AvgIpc) is 3.00. The highest BCUT2D eigenvalue weighted by Crippen LogP contribution is 2.43. The Balaban J connectivity index is 1.74. The van der Waals surface area contributed by atoms with Gasteiger partial charge in [0.15, 0.2) is 0 Å². The summed E-state index contributed by atoms with van der Waals surface area (Å²) in [6.45, 7) is 12.8. The van der Waals surface area contributed by atoms with Gasteiger partial charge in [-0.25, -0.2) is 4.79 Å². The predicted octanol–water partition coefficient (Wildman–Crippen LogP) is 7.64. The van der Waals surface area contributed by atoms with Gasteiger partial charge in [0, 0.05) is 26.9 Å². The van der Waals surface area contributed by atoms with E-state index in [-0.39, 0.29) is 37.7 Å². The summed E-state index contributed by atoms with van der Waals surface area (Å²) in [6.07, 6.45) is 0.379. The van der Waals surface area contributed by atoms with Crippen LogP contribution in [0.2, 0.25) is 5.02 Å². The Hall–Kier alpha value is -3.37. The number of ether oxygens (including phenoxy) is 2. The molecule has 3 N–H and O–H groups in total. The zero-order valence-electron chi connectivity index (χ0n) is 28.2. The fourth-order valence-corrected chi connectivity index (χ4v) is 6.60. The molecule has 5 atom stereocenters. The van der Waals surface area contributed by atoms with Gasteiger partial charge in [0.2, 0.25) is 5.91 Å². The molecule has 48 heavy (non-hydrogen) atoms. The molecule has 0 spiro atoms. The van der Waals surface area contributed by atoms with Crippen LogP contribution in [0.1, 0.15) is 63.8 Å². The lowest BCUT2D eigenvalue weighted by Gasteiger charge is -2.47. The molecule has 0 fully saturated rings. The molecule has 0 bridgehead atoms. The van der Waals surface area contributed by atoms with Gasteiger partial charge >= 0.3 is 6.09 Å². The van der Waals surface area contributed by atoms with Crippen molar-refractivity contribution in [3.8, 4) is 5.75 Å². The van der Waals surface area contributed by atoms with Crippen LogP contribution in [0, 0.1) is 11.8 Å². The van der Waals surface area contributed by atoms with Crippen LogP contribution < -0.4 is 10.1 Å². The Bertz CT molecular complexity index is 1570. The highest BCUT2D eigenvalue weighted by molar-refractivity contribution is 9.10. The van der Waals surface area contributed by atoms with Gasteiger partial charge in [0.1, 0.15) is 17.1 Å². The van der Waals surface area contributed by atoms with Gasteiger partial charge in [-0.2, -0.15) is 0 Å². The number of rotatable bonds is 12. The summed E-state index contributed by atoms with van der Waals surface area (Å²) in [5.41, 5.74) is 0.0712. The van der Waals surface area contributed by atoms with Gasteiger partial charge in [-0.05, 0) is 95.3 Å². The number of hydrogen-bond donors (Lipinski definition) is 3. The summed E-state index contributed by atoms with van der Waals surface area (Å²) in [5.74, 6) is -0.871. The van der Waals surface area contributed by atoms with Crippen molar-refractivity contribution >= 4 is 39.5 Å². The Kier molecular flexibility index (Phi) is 12.4. The minimum absolute atomic E-state index is 0.0292. The SMILES string of the molecule is C=C[C@@H]1COc2ccccc2[C@@H]1N(C(=O)[C@H](Cc1cccc(Cl)c1)C[C@H](O)[C@H](Cc1ccc(Br)cc1)NC(=O)OC(C)(C)C)C(C)(C)O. The van der Waals surface area contributed by atoms with Crippen LogP contribution in [-0.4, -0.2) is 57.2 Å². The van der Waals surface area contributed by atoms with Crippen LogP contribution in [0.25, 0.3) is 0 Å². The van der Waals surface area contributed by atoms with Gasteiger partial charge in [-0.3, -0.25) is 4.79 Å². The lowest BCUT2D eigenvalue weighted by Crippen LogP contribution is -2.55. The number of aliphatic hydroxyl groups excluding tert-OH is 1. The molecule has 0 unspecified atom stereocenters. The van der Waals surface area contributed by atoms with E-state index in [1.165, 1.54) is 4.90 Å². The summed E-state index contributed by atoms with van der Waals surface area (Å²) in [4.78, 5) is 29.4. The Labute approximate surface area is 297 Å². The number of carbonyl (C=O) groups is 2. The maximum atomic E-state index is 14.9. The Morgan fingerprint density at radius 1 is 1.06 bits per heavy atom. The van der Waals surface area contributed by atoms with Crippen molar-refractivity contribution in [1.29, 1.82) is 0 Å². The number of aliphatic hydroxyl groups is 2. The molecule has 8 nitrogen and oxygen atoms in total. The van der Waals surface area contributed by atoms with Crippen molar-refractivity contribution in [3.63, 3.8) is 0 Å². The van der Waals surface area contributed by atoms with Gasteiger partial charge < -0.3 is 29.9 Å². The first kappa shape index (κ1) is 37.4. The van der Waals surface area contributed by atoms with Crippen LogP contribution in [-0.2, 0) is 22.4 Å². The molecule has 10 heteroatoms. The second-order valence-electron chi connectivity index (χ2n) is 13.8. The molecule has 0 radical (unpaired) electrons. The third-order valence-corrected chi connectivity index (χ3v) is 9.03. The number of benzene rings is 3. The third kappa shape index (κ3) is 10.1. The molecule has 0 saturated carbocycles. The lowest BCUT2D eigenvalue weighted by atomic mass is 9.84. The van der Waals surface area contributed by atoms with E-state index in [4.69, 9.17) is 21.1 Å². The number of alkyl carbamates (subject to hydrolysis) is 1. The molecular formula is C38H46BrClN2O6. The zero-order valence-corrected chi connectivity index (χ0v) is 30.5. The number of para-hydroxylation sites is 1. The first-order chi connectivity index (χ1) is 22.6. The van der Waals surface area contributed by atoms with Crippen molar-refractivity contribution in [3.05, 3.63) is 112 Å². The Morgan fingerprint density at radius 3 is 2.38 bits per heavy atom. The molecular weight excluding hydrogens is 696 g/mol. The standard InChI is InChI=1S/C38H46BrClN2O6/c1-7-26-23-47-33-14-9-8-13-30(33)34(26)42(38(5,6)46)35(44)27(19-25-11-10-12-29(40)20-25)22-32(43)31(41-36(45)48-37(2,3)4)21-24-15-17-28(39)18-16-24/h7-18,20,26-27,31-32,34,43,46H,1,19,21-23H2,2-6H3,(H,41,45)/t26-,27-,31+,32+,34-/m1/s1. The quantitative estimate of drug-likeness (QED) is 0.130. The van der Waals surface area contributed by atoms with E-state index in [1.54, 1.807) is 52.8 Å². The van der Waals surface area contributed by atoms with E-state index >= 15 is 0 Å². The zero-order chi connectivity index (χ0) is 35.2. The van der Waals surface area contributed by atoms with Crippen molar-refractivity contribution in [2.24, 2.45) is 11.8 Å². The largest absolute Gasteiger partial charge is 0.493 e. The van der Waals surface area contributed by atoms with E-state index in [2.05, 4.69) is 27.8 Å². The fourth-order valence-electron chi connectivity index (χ4n) is 6.13. The smallest absolute Gasteiger partial charge is 0.407 e. The van der Waals surface area contributed by atoms with Crippen LogP contribution in [0.4, 0.5) is 4.79 Å². The second kappa shape index (κ2) is 15.9. The highest BCUT2D eigenvalue weighted by Gasteiger charge is 2.45. The molecule has 1 aliphatic rings. The number of amides is 2. The molecule has 0 aliphatic carbocycles. The Morgan fingerprint density at radius 2 is 1.75 bits per heavy atom. The van der Waals surface area contributed by atoms with Gasteiger partial charge in [0.25, 0.3) is 0 Å². The van der Waals surface area contributed by atoms with Crippen molar-refractivity contribution in [1.82, 2.24) is 10.2 Å². The van der Waals surface area contributed by atoms with Crippen molar-refractivity contribution < 1.29 is 29.3 Å². The number of fused-ring (bicyclic) bond motifs is 1.